The summed E-state index contributed by atoms with van der Waals surface area (Å²) in [4.78, 5) is 21.6. The van der Waals surface area contributed by atoms with E-state index in [1.807, 2.05) is 0 Å². The molecule has 0 aliphatic carbocycles. The highest BCUT2D eigenvalue weighted by Gasteiger charge is 2.26. The number of hydrogen-bond acceptors (Lipinski definition) is 5. The highest BCUT2D eigenvalue weighted by molar-refractivity contribution is 7.17. The van der Waals surface area contributed by atoms with Crippen LogP contribution in [0.15, 0.2) is 6.20 Å². The highest BCUT2D eigenvalue weighted by atomic mass is 32.1. The van der Waals surface area contributed by atoms with Gasteiger partial charge in [0, 0.05) is 26.1 Å². The summed E-state index contributed by atoms with van der Waals surface area (Å²) in [6.45, 7) is 6.34. The second-order valence-corrected chi connectivity index (χ2v) is 6.89. The van der Waals surface area contributed by atoms with Gasteiger partial charge in [-0.3, -0.25) is 4.79 Å². The Morgan fingerprint density at radius 1 is 1.20 bits per heavy atom. The van der Waals surface area contributed by atoms with Crippen LogP contribution in [0.5, 0.6) is 0 Å². The van der Waals surface area contributed by atoms with Crippen LogP contribution in [0.25, 0.3) is 0 Å². The van der Waals surface area contributed by atoms with E-state index in [0.717, 1.165) is 29.1 Å². The predicted molar refractivity (Wildman–Crippen MR) is 82.8 cm³/mol. The summed E-state index contributed by atoms with van der Waals surface area (Å²) >= 11 is 1.54. The highest BCUT2D eigenvalue weighted by Crippen LogP contribution is 2.28. The number of aromatic nitrogens is 1. The lowest BCUT2D eigenvalue weighted by atomic mass is 10.0. The van der Waals surface area contributed by atoms with Crippen molar-refractivity contribution in [2.24, 2.45) is 0 Å². The van der Waals surface area contributed by atoms with E-state index < -0.39 is 0 Å². The summed E-state index contributed by atoms with van der Waals surface area (Å²) in [7, 11) is 0. The van der Waals surface area contributed by atoms with Gasteiger partial charge in [0.1, 0.15) is 0 Å². The minimum Gasteiger partial charge on any atom is -0.348 e. The van der Waals surface area contributed by atoms with Crippen LogP contribution in [0.2, 0.25) is 0 Å². The SMILES string of the molecule is CC(=O)c1cnc(N2CCC(N3CCCCC3)CC2)s1. The molecule has 5 heteroatoms. The van der Waals surface area contributed by atoms with Gasteiger partial charge < -0.3 is 9.80 Å². The van der Waals surface area contributed by atoms with E-state index in [0.29, 0.717) is 0 Å². The van der Waals surface area contributed by atoms with Gasteiger partial charge in [-0.15, -0.1) is 0 Å². The smallest absolute Gasteiger partial charge is 0.185 e. The number of piperidine rings is 2. The maximum absolute atomic E-state index is 11.3. The molecule has 0 saturated carbocycles. The van der Waals surface area contributed by atoms with Crippen molar-refractivity contribution in [3.63, 3.8) is 0 Å². The number of nitrogens with zero attached hydrogens (tertiary/aromatic N) is 3. The molecule has 0 spiro atoms. The molecule has 0 amide bonds. The zero-order valence-electron chi connectivity index (χ0n) is 12.2. The van der Waals surface area contributed by atoms with Crippen molar-refractivity contribution >= 4 is 22.3 Å². The third-order valence-corrected chi connectivity index (χ3v) is 5.64. The molecule has 0 atom stereocenters. The molecule has 2 saturated heterocycles. The van der Waals surface area contributed by atoms with E-state index in [4.69, 9.17) is 0 Å². The van der Waals surface area contributed by atoms with Crippen LogP contribution in [0.1, 0.15) is 48.7 Å². The molecule has 3 heterocycles. The van der Waals surface area contributed by atoms with Crippen molar-refractivity contribution in [3.8, 4) is 0 Å². The van der Waals surface area contributed by atoms with Gasteiger partial charge in [-0.25, -0.2) is 4.98 Å². The van der Waals surface area contributed by atoms with E-state index in [2.05, 4.69) is 14.8 Å². The normalized spacial score (nSPS) is 22.1. The molecule has 0 radical (unpaired) electrons. The maximum Gasteiger partial charge on any atom is 0.185 e. The lowest BCUT2D eigenvalue weighted by Gasteiger charge is -2.40. The fraction of sp³-hybridized carbons (Fsp3) is 0.733. The molecule has 0 unspecified atom stereocenters. The standard InChI is InChI=1S/C15H23N3OS/c1-12(19)14-11-16-15(20-14)18-9-5-13(6-10-18)17-7-3-2-4-8-17/h11,13H,2-10H2,1H3. The summed E-state index contributed by atoms with van der Waals surface area (Å²) in [6, 6.07) is 0.763. The van der Waals surface area contributed by atoms with Gasteiger partial charge in [0.15, 0.2) is 10.9 Å². The Morgan fingerprint density at radius 3 is 2.50 bits per heavy atom. The van der Waals surface area contributed by atoms with Crippen molar-refractivity contribution in [2.75, 3.05) is 31.1 Å². The molecule has 110 valence electrons. The number of rotatable bonds is 3. The molecule has 2 aliphatic rings. The lowest BCUT2D eigenvalue weighted by molar-refractivity contribution is 0.102. The first-order valence-corrected chi connectivity index (χ1v) is 8.51. The van der Waals surface area contributed by atoms with Crippen molar-refractivity contribution < 1.29 is 4.79 Å². The first-order valence-electron chi connectivity index (χ1n) is 7.70. The van der Waals surface area contributed by atoms with Gasteiger partial charge in [-0.05, 0) is 38.8 Å². The Kier molecular flexibility index (Phi) is 4.36. The average Bonchev–Trinajstić information content (AvgIpc) is 2.98. The third kappa shape index (κ3) is 3.04. The fourth-order valence-corrected chi connectivity index (χ4v) is 4.14. The number of carbonyl (C=O) groups is 1. The number of hydrogen-bond donors (Lipinski definition) is 0. The van der Waals surface area contributed by atoms with Gasteiger partial charge in [0.05, 0.1) is 11.1 Å². The molecule has 4 nitrogen and oxygen atoms in total. The molecular weight excluding hydrogens is 270 g/mol. The Hall–Kier alpha value is -0.940. The topological polar surface area (TPSA) is 36.4 Å². The second kappa shape index (κ2) is 6.22. The molecule has 20 heavy (non-hydrogen) atoms. The van der Waals surface area contributed by atoms with Crippen molar-refractivity contribution in [1.82, 2.24) is 9.88 Å². The minimum atomic E-state index is 0.122. The first-order chi connectivity index (χ1) is 9.74. The van der Waals surface area contributed by atoms with Gasteiger partial charge in [0.2, 0.25) is 0 Å². The van der Waals surface area contributed by atoms with E-state index >= 15 is 0 Å². The number of carbonyl (C=O) groups excluding carboxylic acids is 1. The Labute approximate surface area is 124 Å². The van der Waals surface area contributed by atoms with Gasteiger partial charge >= 0.3 is 0 Å². The Bertz CT molecular complexity index is 459. The van der Waals surface area contributed by atoms with Crippen LogP contribution in [0.4, 0.5) is 5.13 Å². The number of likely N-dealkylation sites (tertiary alicyclic amines) is 1. The Morgan fingerprint density at radius 2 is 1.90 bits per heavy atom. The molecular formula is C15H23N3OS. The van der Waals surface area contributed by atoms with Crippen LogP contribution in [-0.4, -0.2) is 47.9 Å². The van der Waals surface area contributed by atoms with Crippen LogP contribution in [0, 0.1) is 0 Å². The zero-order chi connectivity index (χ0) is 13.9. The number of anilines is 1. The molecule has 2 aliphatic heterocycles. The second-order valence-electron chi connectivity index (χ2n) is 5.88. The number of Topliss-reactive ketones (excluding diaryl/α,β-unsaturated/α-hetero) is 1. The van der Waals surface area contributed by atoms with E-state index in [1.165, 1.54) is 56.5 Å². The quantitative estimate of drug-likeness (QED) is 0.803. The van der Waals surface area contributed by atoms with E-state index in [-0.39, 0.29) is 5.78 Å². The van der Waals surface area contributed by atoms with E-state index in [9.17, 15) is 4.79 Å². The van der Waals surface area contributed by atoms with Crippen LogP contribution in [-0.2, 0) is 0 Å². The van der Waals surface area contributed by atoms with Gasteiger partial charge in [-0.2, -0.15) is 0 Å². The zero-order valence-corrected chi connectivity index (χ0v) is 13.0. The van der Waals surface area contributed by atoms with Crippen LogP contribution in [0.3, 0.4) is 0 Å². The molecule has 1 aromatic heterocycles. The third-order valence-electron chi connectivity index (χ3n) is 4.48. The molecule has 2 fully saturated rings. The van der Waals surface area contributed by atoms with Crippen LogP contribution >= 0.6 is 11.3 Å². The van der Waals surface area contributed by atoms with Gasteiger partial charge in [-0.1, -0.05) is 17.8 Å². The summed E-state index contributed by atoms with van der Waals surface area (Å²) < 4.78 is 0. The van der Waals surface area contributed by atoms with Crippen molar-refractivity contribution in [1.29, 1.82) is 0 Å². The van der Waals surface area contributed by atoms with Crippen molar-refractivity contribution in [3.05, 3.63) is 11.1 Å². The molecule has 1 aromatic rings. The number of thiazole rings is 1. The molecule has 0 N–H and O–H groups in total. The summed E-state index contributed by atoms with van der Waals surface area (Å²) in [5, 5.41) is 1.02. The average molecular weight is 293 g/mol. The maximum atomic E-state index is 11.3. The molecule has 0 bridgehead atoms. The van der Waals surface area contributed by atoms with E-state index in [1.54, 1.807) is 13.1 Å². The molecule has 3 rings (SSSR count). The van der Waals surface area contributed by atoms with Crippen LogP contribution < -0.4 is 4.90 Å². The Balaban J connectivity index is 1.56. The number of ketones is 1. The summed E-state index contributed by atoms with van der Waals surface area (Å²) in [5.41, 5.74) is 0. The lowest BCUT2D eigenvalue weighted by Crippen LogP contribution is -2.46. The largest absolute Gasteiger partial charge is 0.348 e. The van der Waals surface area contributed by atoms with Crippen molar-refractivity contribution in [2.45, 2.75) is 45.1 Å². The first kappa shape index (κ1) is 14.0. The monoisotopic (exact) mass is 293 g/mol. The fourth-order valence-electron chi connectivity index (χ4n) is 3.28. The predicted octanol–water partition coefficient (Wildman–Crippen LogP) is 2.80. The summed E-state index contributed by atoms with van der Waals surface area (Å²) in [6.07, 6.45) is 8.33. The summed E-state index contributed by atoms with van der Waals surface area (Å²) in [5.74, 6) is 0.122. The molecule has 0 aromatic carbocycles. The minimum absolute atomic E-state index is 0.122. The van der Waals surface area contributed by atoms with Gasteiger partial charge in [0.25, 0.3) is 0 Å².